The molecular weight excluding hydrogens is 415 g/mol. The Labute approximate surface area is 149 Å². The number of sulfonamides is 1. The molecule has 1 aromatic rings. The number of benzene rings is 1. The van der Waals surface area contributed by atoms with E-state index in [-0.39, 0.29) is 29.7 Å². The standard InChI is InChI=1S/C14H22N4O2S.HI/c1-11-8-12(2)10-13(9-11)17-14(15)16-4-6-18-5-3-7-21(18,19)20;/h8-10H,3-7H2,1-2H3,(H3,15,16,17);1H. The van der Waals surface area contributed by atoms with Crippen LogP contribution in [0.3, 0.4) is 0 Å². The molecule has 2 rings (SSSR count). The van der Waals surface area contributed by atoms with Crippen LogP contribution in [0.2, 0.25) is 0 Å². The van der Waals surface area contributed by atoms with E-state index in [1.54, 1.807) is 0 Å². The fraction of sp³-hybridized carbons (Fsp3) is 0.500. The number of aryl methyl sites for hydroxylation is 2. The highest BCUT2D eigenvalue weighted by atomic mass is 127. The molecule has 1 aliphatic heterocycles. The van der Waals surface area contributed by atoms with Crippen molar-refractivity contribution < 1.29 is 8.42 Å². The highest BCUT2D eigenvalue weighted by Crippen LogP contribution is 2.14. The van der Waals surface area contributed by atoms with Gasteiger partial charge < -0.3 is 11.1 Å². The zero-order valence-corrected chi connectivity index (χ0v) is 16.0. The number of anilines is 1. The molecule has 0 bridgehead atoms. The van der Waals surface area contributed by atoms with Crippen molar-refractivity contribution in [2.24, 2.45) is 10.7 Å². The second-order valence-electron chi connectivity index (χ2n) is 5.34. The Morgan fingerprint density at radius 2 is 1.95 bits per heavy atom. The van der Waals surface area contributed by atoms with Crippen LogP contribution in [0, 0.1) is 13.8 Å². The lowest BCUT2D eigenvalue weighted by atomic mass is 10.1. The highest BCUT2D eigenvalue weighted by molar-refractivity contribution is 14.0. The lowest BCUT2D eigenvalue weighted by Crippen LogP contribution is -2.30. The van der Waals surface area contributed by atoms with E-state index >= 15 is 0 Å². The van der Waals surface area contributed by atoms with E-state index in [1.807, 2.05) is 26.0 Å². The lowest BCUT2D eigenvalue weighted by molar-refractivity contribution is 0.452. The molecule has 3 N–H and O–H groups in total. The van der Waals surface area contributed by atoms with Crippen LogP contribution in [0.1, 0.15) is 17.5 Å². The van der Waals surface area contributed by atoms with Crippen LogP contribution >= 0.6 is 24.0 Å². The summed E-state index contributed by atoms with van der Waals surface area (Å²) < 4.78 is 24.7. The summed E-state index contributed by atoms with van der Waals surface area (Å²) in [6.07, 6.45) is 0.697. The van der Waals surface area contributed by atoms with Crippen molar-refractivity contribution in [1.82, 2.24) is 4.31 Å². The number of guanidine groups is 1. The third-order valence-corrected chi connectivity index (χ3v) is 5.29. The second kappa shape index (κ2) is 8.11. The number of hydrogen-bond donors (Lipinski definition) is 2. The van der Waals surface area contributed by atoms with Crippen molar-refractivity contribution in [2.45, 2.75) is 20.3 Å². The van der Waals surface area contributed by atoms with Crippen LogP contribution in [-0.4, -0.2) is 44.1 Å². The van der Waals surface area contributed by atoms with Crippen molar-refractivity contribution in [3.8, 4) is 0 Å². The molecule has 0 aliphatic carbocycles. The number of rotatable bonds is 4. The molecule has 0 radical (unpaired) electrons. The summed E-state index contributed by atoms with van der Waals surface area (Å²) in [5.74, 6) is 0.545. The SMILES string of the molecule is Cc1cc(C)cc(NC(N)=NCCN2CCCS2(=O)=O)c1.I. The van der Waals surface area contributed by atoms with Gasteiger partial charge in [-0.25, -0.2) is 12.7 Å². The van der Waals surface area contributed by atoms with Gasteiger partial charge in [-0.05, 0) is 43.5 Å². The van der Waals surface area contributed by atoms with Crippen molar-refractivity contribution >= 4 is 45.6 Å². The Morgan fingerprint density at radius 1 is 1.32 bits per heavy atom. The van der Waals surface area contributed by atoms with Crippen LogP contribution in [0.4, 0.5) is 5.69 Å². The van der Waals surface area contributed by atoms with Crippen LogP contribution in [-0.2, 0) is 10.0 Å². The van der Waals surface area contributed by atoms with Gasteiger partial charge in [0, 0.05) is 18.8 Å². The number of nitrogens with one attached hydrogen (secondary N) is 1. The maximum Gasteiger partial charge on any atom is 0.214 e. The van der Waals surface area contributed by atoms with Gasteiger partial charge in [-0.3, -0.25) is 4.99 Å². The van der Waals surface area contributed by atoms with Gasteiger partial charge in [-0.15, -0.1) is 24.0 Å². The number of nitrogens with zero attached hydrogens (tertiary/aromatic N) is 2. The zero-order chi connectivity index (χ0) is 15.5. The van der Waals surface area contributed by atoms with Crippen LogP contribution < -0.4 is 11.1 Å². The minimum absolute atomic E-state index is 0. The first-order chi connectivity index (χ1) is 9.87. The lowest BCUT2D eigenvalue weighted by Gasteiger charge is -2.13. The van der Waals surface area contributed by atoms with Gasteiger partial charge in [-0.1, -0.05) is 6.07 Å². The molecule has 0 aromatic heterocycles. The monoisotopic (exact) mass is 438 g/mol. The van der Waals surface area contributed by atoms with E-state index in [0.717, 1.165) is 16.8 Å². The number of halogens is 1. The van der Waals surface area contributed by atoms with Crippen LogP contribution in [0.5, 0.6) is 0 Å². The van der Waals surface area contributed by atoms with Crippen LogP contribution in [0.15, 0.2) is 23.2 Å². The van der Waals surface area contributed by atoms with E-state index in [9.17, 15) is 8.42 Å². The first kappa shape index (κ1) is 19.2. The quantitative estimate of drug-likeness (QED) is 0.426. The van der Waals surface area contributed by atoms with Gasteiger partial charge in [0.25, 0.3) is 0 Å². The molecule has 0 unspecified atom stereocenters. The van der Waals surface area contributed by atoms with Crippen LogP contribution in [0.25, 0.3) is 0 Å². The summed E-state index contributed by atoms with van der Waals surface area (Å²) in [5.41, 5.74) is 9.01. The molecule has 6 nitrogen and oxygen atoms in total. The molecule has 1 aromatic carbocycles. The molecule has 0 amide bonds. The molecule has 0 saturated carbocycles. The predicted octanol–water partition coefficient (Wildman–Crippen LogP) is 1.68. The number of nitrogens with two attached hydrogens (primary N) is 1. The number of hydrogen-bond acceptors (Lipinski definition) is 3. The second-order valence-corrected chi connectivity index (χ2v) is 7.43. The molecule has 124 valence electrons. The number of aliphatic imine (C=N–C) groups is 1. The van der Waals surface area contributed by atoms with E-state index in [2.05, 4.69) is 16.4 Å². The molecule has 22 heavy (non-hydrogen) atoms. The molecule has 1 saturated heterocycles. The molecular formula is C14H23IN4O2S. The zero-order valence-electron chi connectivity index (χ0n) is 12.9. The fourth-order valence-corrected chi connectivity index (χ4v) is 3.98. The van der Waals surface area contributed by atoms with Gasteiger partial charge in [0.2, 0.25) is 10.0 Å². The van der Waals surface area contributed by atoms with Crippen molar-refractivity contribution in [3.05, 3.63) is 29.3 Å². The Kier molecular flexibility index (Phi) is 7.07. The maximum absolute atomic E-state index is 11.6. The van der Waals surface area contributed by atoms with E-state index in [0.29, 0.717) is 32.0 Å². The van der Waals surface area contributed by atoms with E-state index in [4.69, 9.17) is 5.73 Å². The molecule has 1 aliphatic rings. The Morgan fingerprint density at radius 3 is 2.50 bits per heavy atom. The molecule has 0 atom stereocenters. The van der Waals surface area contributed by atoms with Gasteiger partial charge in [-0.2, -0.15) is 0 Å². The summed E-state index contributed by atoms with van der Waals surface area (Å²) >= 11 is 0. The first-order valence-electron chi connectivity index (χ1n) is 7.00. The average Bonchev–Trinajstić information content (AvgIpc) is 2.67. The third-order valence-electron chi connectivity index (χ3n) is 3.33. The fourth-order valence-electron chi connectivity index (χ4n) is 2.46. The topological polar surface area (TPSA) is 87.8 Å². The molecule has 0 spiro atoms. The third kappa shape index (κ3) is 5.40. The van der Waals surface area contributed by atoms with Crippen molar-refractivity contribution in [1.29, 1.82) is 0 Å². The minimum atomic E-state index is -3.05. The Hall–Kier alpha value is -0.870. The molecule has 8 heteroatoms. The van der Waals surface area contributed by atoms with Crippen molar-refractivity contribution in [2.75, 3.05) is 30.7 Å². The Bertz CT molecular complexity index is 626. The molecule has 1 fully saturated rings. The largest absolute Gasteiger partial charge is 0.370 e. The van der Waals surface area contributed by atoms with E-state index in [1.165, 1.54) is 4.31 Å². The van der Waals surface area contributed by atoms with E-state index < -0.39 is 10.0 Å². The smallest absolute Gasteiger partial charge is 0.214 e. The van der Waals surface area contributed by atoms with Gasteiger partial charge >= 0.3 is 0 Å². The normalized spacial score (nSPS) is 18.0. The molecule has 1 heterocycles. The minimum Gasteiger partial charge on any atom is -0.370 e. The Balaban J connectivity index is 0.00000242. The summed E-state index contributed by atoms with van der Waals surface area (Å²) in [5, 5.41) is 3.03. The summed E-state index contributed by atoms with van der Waals surface area (Å²) in [7, 11) is -3.05. The summed E-state index contributed by atoms with van der Waals surface area (Å²) in [6, 6.07) is 6.05. The van der Waals surface area contributed by atoms with Gasteiger partial charge in [0.1, 0.15) is 0 Å². The van der Waals surface area contributed by atoms with Gasteiger partial charge in [0.05, 0.1) is 12.3 Å². The maximum atomic E-state index is 11.6. The van der Waals surface area contributed by atoms with Gasteiger partial charge in [0.15, 0.2) is 5.96 Å². The average molecular weight is 438 g/mol. The predicted molar refractivity (Wildman–Crippen MR) is 101 cm³/mol. The van der Waals surface area contributed by atoms with Crippen molar-refractivity contribution in [3.63, 3.8) is 0 Å². The highest BCUT2D eigenvalue weighted by Gasteiger charge is 2.27. The summed E-state index contributed by atoms with van der Waals surface area (Å²) in [6.45, 7) is 5.37. The summed E-state index contributed by atoms with van der Waals surface area (Å²) in [4.78, 5) is 4.19. The first-order valence-corrected chi connectivity index (χ1v) is 8.61.